The Hall–Kier alpha value is -3.93. The van der Waals surface area contributed by atoms with Crippen LogP contribution in [0.15, 0.2) is 72.9 Å². The van der Waals surface area contributed by atoms with Crippen molar-refractivity contribution in [1.29, 1.82) is 0 Å². The van der Waals surface area contributed by atoms with Gasteiger partial charge >= 0.3 is 5.97 Å². The van der Waals surface area contributed by atoms with Crippen LogP contribution in [-0.4, -0.2) is 33.4 Å². The molecule has 0 aliphatic heterocycles. The molecular weight excluding hydrogens is 392 g/mol. The normalized spacial score (nSPS) is 11.9. The molecule has 0 radical (unpaired) electrons. The summed E-state index contributed by atoms with van der Waals surface area (Å²) in [6.07, 6.45) is 5.61. The molecule has 1 unspecified atom stereocenters. The molecule has 0 aliphatic carbocycles. The molecule has 3 aromatic rings. The Kier molecular flexibility index (Phi) is 6.82. The zero-order valence-electron chi connectivity index (χ0n) is 17.4. The molecule has 6 nitrogen and oxygen atoms in total. The van der Waals surface area contributed by atoms with Crippen LogP contribution in [0.4, 0.5) is 0 Å². The summed E-state index contributed by atoms with van der Waals surface area (Å²) in [5.74, 6) is -1.57. The lowest BCUT2D eigenvalue weighted by Crippen LogP contribution is -2.38. The van der Waals surface area contributed by atoms with E-state index in [9.17, 15) is 14.4 Å². The summed E-state index contributed by atoms with van der Waals surface area (Å²) < 4.78 is 1.86. The minimum absolute atomic E-state index is 0.0374. The molecule has 1 amide bonds. The quantitative estimate of drug-likeness (QED) is 0.545. The van der Waals surface area contributed by atoms with E-state index in [1.54, 1.807) is 24.3 Å². The SMILES string of the molecule is Cc1ccc(C(=O)c2cccn2C/C=C/c2cccc(C(=O)NC(C)C(=O)O)c2)cc1. The van der Waals surface area contributed by atoms with Crippen molar-refractivity contribution in [3.05, 3.63) is 101 Å². The fourth-order valence-corrected chi connectivity index (χ4v) is 3.06. The zero-order chi connectivity index (χ0) is 22.4. The van der Waals surface area contributed by atoms with Gasteiger partial charge in [-0.2, -0.15) is 0 Å². The molecule has 6 heteroatoms. The Morgan fingerprint density at radius 2 is 1.77 bits per heavy atom. The highest BCUT2D eigenvalue weighted by atomic mass is 16.4. The molecular formula is C25H24N2O4. The van der Waals surface area contributed by atoms with Gasteiger partial charge < -0.3 is 15.0 Å². The minimum atomic E-state index is -1.09. The average molecular weight is 416 g/mol. The number of hydrogen-bond donors (Lipinski definition) is 2. The number of amides is 1. The van der Waals surface area contributed by atoms with Crippen LogP contribution in [-0.2, 0) is 11.3 Å². The first-order chi connectivity index (χ1) is 14.8. The van der Waals surface area contributed by atoms with Crippen LogP contribution >= 0.6 is 0 Å². The van der Waals surface area contributed by atoms with Crippen molar-refractivity contribution in [2.45, 2.75) is 26.4 Å². The number of nitrogens with zero attached hydrogens (tertiary/aromatic N) is 1. The molecule has 0 bridgehead atoms. The van der Waals surface area contributed by atoms with E-state index in [4.69, 9.17) is 5.11 Å². The molecule has 0 saturated heterocycles. The number of benzene rings is 2. The van der Waals surface area contributed by atoms with Crippen molar-refractivity contribution < 1.29 is 19.5 Å². The number of hydrogen-bond acceptors (Lipinski definition) is 3. The summed E-state index contributed by atoms with van der Waals surface area (Å²) in [6.45, 7) is 3.88. The Balaban J connectivity index is 1.69. The zero-order valence-corrected chi connectivity index (χ0v) is 17.4. The van der Waals surface area contributed by atoms with Crippen LogP contribution in [0.1, 0.15) is 44.5 Å². The van der Waals surface area contributed by atoms with E-state index in [0.717, 1.165) is 11.1 Å². The lowest BCUT2D eigenvalue weighted by Gasteiger charge is -2.09. The van der Waals surface area contributed by atoms with E-state index in [2.05, 4.69) is 5.32 Å². The van der Waals surface area contributed by atoms with Gasteiger partial charge in [0.25, 0.3) is 5.91 Å². The fourth-order valence-electron chi connectivity index (χ4n) is 3.06. The molecule has 0 fully saturated rings. The van der Waals surface area contributed by atoms with Crippen molar-refractivity contribution >= 4 is 23.7 Å². The Morgan fingerprint density at radius 3 is 2.48 bits per heavy atom. The second-order valence-electron chi connectivity index (χ2n) is 7.30. The van der Waals surface area contributed by atoms with E-state index in [-0.39, 0.29) is 5.78 Å². The number of nitrogens with one attached hydrogen (secondary N) is 1. The van der Waals surface area contributed by atoms with Gasteiger partial charge in [0.2, 0.25) is 5.78 Å². The van der Waals surface area contributed by atoms with Crippen molar-refractivity contribution in [3.8, 4) is 0 Å². The first-order valence-electron chi connectivity index (χ1n) is 9.92. The molecule has 1 aromatic heterocycles. The van der Waals surface area contributed by atoms with Crippen molar-refractivity contribution in [2.75, 3.05) is 0 Å². The Bertz CT molecular complexity index is 1130. The van der Waals surface area contributed by atoms with Gasteiger partial charge in [-0.3, -0.25) is 14.4 Å². The lowest BCUT2D eigenvalue weighted by molar-refractivity contribution is -0.138. The highest BCUT2D eigenvalue weighted by molar-refractivity contribution is 6.08. The van der Waals surface area contributed by atoms with E-state index in [1.807, 2.05) is 66.2 Å². The molecule has 31 heavy (non-hydrogen) atoms. The van der Waals surface area contributed by atoms with Crippen LogP contribution in [0.2, 0.25) is 0 Å². The maximum Gasteiger partial charge on any atom is 0.325 e. The number of carboxylic acids is 1. The summed E-state index contributed by atoms with van der Waals surface area (Å²) in [6, 6.07) is 17.1. The number of aliphatic carboxylic acids is 1. The predicted molar refractivity (Wildman–Crippen MR) is 119 cm³/mol. The number of carbonyl (C=O) groups excluding carboxylic acids is 2. The van der Waals surface area contributed by atoms with Crippen LogP contribution in [0, 0.1) is 6.92 Å². The number of allylic oxidation sites excluding steroid dienone is 1. The van der Waals surface area contributed by atoms with Crippen LogP contribution in [0.5, 0.6) is 0 Å². The first kappa shape index (κ1) is 21.8. The second kappa shape index (κ2) is 9.71. The third-order valence-electron chi connectivity index (χ3n) is 4.86. The summed E-state index contributed by atoms with van der Waals surface area (Å²) in [7, 11) is 0. The third kappa shape index (κ3) is 5.57. The van der Waals surface area contributed by atoms with Crippen LogP contribution in [0.25, 0.3) is 6.08 Å². The molecule has 1 atom stereocenters. The van der Waals surface area contributed by atoms with Crippen LogP contribution in [0.3, 0.4) is 0 Å². The average Bonchev–Trinajstić information content (AvgIpc) is 3.22. The van der Waals surface area contributed by atoms with Gasteiger partial charge in [0, 0.05) is 23.9 Å². The standard InChI is InChI=1S/C25H24N2O4/c1-17-10-12-20(13-11-17)23(28)22-9-5-15-27(22)14-4-7-19-6-3-8-21(16-19)24(29)26-18(2)25(30)31/h3-13,15-16,18H,14H2,1-2H3,(H,26,29)(H,30,31)/b7-4+. The molecule has 0 spiro atoms. The van der Waals surface area contributed by atoms with Crippen LogP contribution < -0.4 is 5.32 Å². The summed E-state index contributed by atoms with van der Waals surface area (Å²) in [4.78, 5) is 35.9. The first-order valence-corrected chi connectivity index (χ1v) is 9.92. The van der Waals surface area contributed by atoms with Gasteiger partial charge in [-0.15, -0.1) is 0 Å². The topological polar surface area (TPSA) is 88.4 Å². The molecule has 2 N–H and O–H groups in total. The monoisotopic (exact) mass is 416 g/mol. The molecule has 0 aliphatic rings. The van der Waals surface area contributed by atoms with Gasteiger partial charge in [-0.1, -0.05) is 54.1 Å². The van der Waals surface area contributed by atoms with E-state index >= 15 is 0 Å². The highest BCUT2D eigenvalue weighted by Gasteiger charge is 2.15. The summed E-state index contributed by atoms with van der Waals surface area (Å²) in [5, 5.41) is 11.4. The number of aromatic nitrogens is 1. The second-order valence-corrected chi connectivity index (χ2v) is 7.30. The van der Waals surface area contributed by atoms with Gasteiger partial charge in [0.1, 0.15) is 6.04 Å². The molecule has 2 aromatic carbocycles. The molecule has 158 valence electrons. The molecule has 3 rings (SSSR count). The Morgan fingerprint density at radius 1 is 1.03 bits per heavy atom. The number of ketones is 1. The van der Waals surface area contributed by atoms with Crippen molar-refractivity contribution in [3.63, 3.8) is 0 Å². The van der Waals surface area contributed by atoms with Gasteiger partial charge in [0.15, 0.2) is 0 Å². The minimum Gasteiger partial charge on any atom is -0.480 e. The number of carbonyl (C=O) groups is 3. The third-order valence-corrected chi connectivity index (χ3v) is 4.86. The largest absolute Gasteiger partial charge is 0.480 e. The fraction of sp³-hybridized carbons (Fsp3) is 0.160. The Labute approximate surface area is 180 Å². The summed E-state index contributed by atoms with van der Waals surface area (Å²) in [5.41, 5.74) is 3.52. The smallest absolute Gasteiger partial charge is 0.325 e. The lowest BCUT2D eigenvalue weighted by atomic mass is 10.1. The van der Waals surface area contributed by atoms with Gasteiger partial charge in [0.05, 0.1) is 5.69 Å². The van der Waals surface area contributed by atoms with E-state index in [0.29, 0.717) is 23.4 Å². The van der Waals surface area contributed by atoms with Gasteiger partial charge in [-0.25, -0.2) is 0 Å². The van der Waals surface area contributed by atoms with Crippen molar-refractivity contribution in [1.82, 2.24) is 9.88 Å². The van der Waals surface area contributed by atoms with E-state index < -0.39 is 17.9 Å². The maximum atomic E-state index is 12.8. The summed E-state index contributed by atoms with van der Waals surface area (Å²) >= 11 is 0. The number of carboxylic acid groups (broad SMARTS) is 1. The predicted octanol–water partition coefficient (Wildman–Crippen LogP) is 3.94. The number of aryl methyl sites for hydroxylation is 1. The number of rotatable bonds is 8. The van der Waals surface area contributed by atoms with Crippen molar-refractivity contribution in [2.24, 2.45) is 0 Å². The highest BCUT2D eigenvalue weighted by Crippen LogP contribution is 2.13. The molecule has 1 heterocycles. The maximum absolute atomic E-state index is 12.8. The molecule has 0 saturated carbocycles. The van der Waals surface area contributed by atoms with Gasteiger partial charge in [-0.05, 0) is 43.7 Å². The van der Waals surface area contributed by atoms with E-state index in [1.165, 1.54) is 6.92 Å².